The molecule has 0 bridgehead atoms. The molecule has 5 nitrogen and oxygen atoms in total. The van der Waals surface area contributed by atoms with Gasteiger partial charge >= 0.3 is 5.97 Å². The normalized spacial score (nSPS) is 11.5. The number of carboxylic acid groups (broad SMARTS) is 1. The summed E-state index contributed by atoms with van der Waals surface area (Å²) in [5, 5.41) is 20.2. The molecule has 1 aliphatic heterocycles. The lowest BCUT2D eigenvalue weighted by Crippen LogP contribution is -2.08. The zero-order valence-electron chi connectivity index (χ0n) is 15.0. The Bertz CT molecular complexity index is 1520. The molecule has 12 heteroatoms. The van der Waals surface area contributed by atoms with Crippen LogP contribution in [0.4, 0.5) is 0 Å². The zero-order chi connectivity index (χ0) is 23.6. The molecule has 2 aromatic carbocycles. The predicted molar refractivity (Wildman–Crippen MR) is 151 cm³/mol. The molecular weight excluding hydrogens is 843 g/mol. The number of benzene rings is 3. The highest BCUT2D eigenvalue weighted by Gasteiger charge is 2.31. The lowest BCUT2D eigenvalue weighted by atomic mass is 9.90. The van der Waals surface area contributed by atoms with Gasteiger partial charge < -0.3 is 14.6 Å². The van der Waals surface area contributed by atoms with Gasteiger partial charge in [0, 0.05) is 28.1 Å². The Kier molecular flexibility index (Phi) is 7.05. The third-order valence-electron chi connectivity index (χ3n) is 4.66. The van der Waals surface area contributed by atoms with Gasteiger partial charge in [0.1, 0.15) is 11.5 Å². The van der Waals surface area contributed by atoms with Gasteiger partial charge in [-0.2, -0.15) is 0 Å². The topological polar surface area (TPSA) is 87.7 Å². The molecular formula is C20H5Cl4I3O5. The van der Waals surface area contributed by atoms with Crippen LogP contribution in [-0.2, 0) is 0 Å². The summed E-state index contributed by atoms with van der Waals surface area (Å²) >= 11 is 31.0. The second-order valence-corrected chi connectivity index (χ2v) is 11.4. The van der Waals surface area contributed by atoms with Crippen LogP contribution in [-0.4, -0.2) is 16.2 Å². The van der Waals surface area contributed by atoms with Crippen LogP contribution in [0.25, 0.3) is 33.4 Å². The highest BCUT2D eigenvalue weighted by Crippen LogP contribution is 2.51. The van der Waals surface area contributed by atoms with Crippen molar-refractivity contribution in [2.75, 3.05) is 0 Å². The van der Waals surface area contributed by atoms with E-state index in [2.05, 4.69) is 0 Å². The van der Waals surface area contributed by atoms with Crippen LogP contribution in [0.1, 0.15) is 10.4 Å². The standard InChI is InChI=1S/C20H5Cl4I3O5/c21-13-11(12(20(30)31)14(22)16(24)15(13)23)10-4-1-6(25)8(28)3-9(4)32-19-5(10)2-7(26)18(29)17(19)27/h1-3,29H,(H,30,31). The van der Waals surface area contributed by atoms with Gasteiger partial charge in [-0.15, -0.1) is 0 Å². The lowest BCUT2D eigenvalue weighted by molar-refractivity contribution is 0.0698. The Morgan fingerprint density at radius 1 is 0.875 bits per heavy atom. The molecule has 0 unspecified atom stereocenters. The van der Waals surface area contributed by atoms with Gasteiger partial charge in [0.25, 0.3) is 0 Å². The average Bonchev–Trinajstić information content (AvgIpc) is 2.73. The quantitative estimate of drug-likeness (QED) is 0.0917. The van der Waals surface area contributed by atoms with Crippen LogP contribution in [0, 0.1) is 10.7 Å². The van der Waals surface area contributed by atoms with E-state index < -0.39 is 5.97 Å². The first-order chi connectivity index (χ1) is 15.0. The van der Waals surface area contributed by atoms with Crippen molar-refractivity contribution in [3.8, 4) is 28.2 Å². The summed E-state index contributed by atoms with van der Waals surface area (Å²) in [6.07, 6.45) is 0. The number of fused-ring (bicyclic) bond motifs is 2. The SMILES string of the molecule is O=C(O)c1c(Cl)c(Cl)c(Cl)c(Cl)c1-c1c2cc(I)c(=O)cc-2oc2c(I)c(O)c(I)cc12. The fourth-order valence-electron chi connectivity index (χ4n) is 3.28. The molecule has 1 heterocycles. The van der Waals surface area contributed by atoms with Gasteiger partial charge in [0.05, 0.1) is 36.4 Å². The minimum Gasteiger partial charge on any atom is -0.506 e. The van der Waals surface area contributed by atoms with Crippen molar-refractivity contribution in [2.45, 2.75) is 0 Å². The monoisotopic (exact) mass is 846 g/mol. The van der Waals surface area contributed by atoms with E-state index in [4.69, 9.17) is 50.8 Å². The number of aromatic carboxylic acids is 1. The second kappa shape index (κ2) is 9.08. The number of aromatic hydroxyl groups is 1. The molecule has 0 spiro atoms. The largest absolute Gasteiger partial charge is 0.506 e. The Labute approximate surface area is 240 Å². The molecule has 0 amide bonds. The molecule has 32 heavy (non-hydrogen) atoms. The van der Waals surface area contributed by atoms with Crippen molar-refractivity contribution in [3.63, 3.8) is 0 Å². The summed E-state index contributed by atoms with van der Waals surface area (Å²) in [6.45, 7) is 0. The van der Waals surface area contributed by atoms with Crippen molar-refractivity contribution in [3.05, 3.63) is 64.8 Å². The van der Waals surface area contributed by atoms with E-state index in [0.717, 1.165) is 0 Å². The van der Waals surface area contributed by atoms with Gasteiger partial charge in [0.2, 0.25) is 0 Å². The Morgan fingerprint density at radius 3 is 2.12 bits per heavy atom. The number of carboxylic acids is 1. The number of hydrogen-bond donors (Lipinski definition) is 2. The van der Waals surface area contributed by atoms with E-state index in [1.54, 1.807) is 12.1 Å². The summed E-state index contributed by atoms with van der Waals surface area (Å²) in [4.78, 5) is 24.6. The number of carbonyl (C=O) groups is 1. The summed E-state index contributed by atoms with van der Waals surface area (Å²) in [6, 6.07) is 4.49. The summed E-state index contributed by atoms with van der Waals surface area (Å²) in [5.74, 6) is -1.21. The van der Waals surface area contributed by atoms with Crippen molar-refractivity contribution in [1.82, 2.24) is 0 Å². The van der Waals surface area contributed by atoms with Crippen molar-refractivity contribution in [2.24, 2.45) is 0 Å². The Balaban J connectivity index is 2.40. The third kappa shape index (κ3) is 3.87. The molecule has 164 valence electrons. The van der Waals surface area contributed by atoms with Crippen molar-refractivity contribution >= 4 is 131 Å². The molecule has 0 radical (unpaired) electrons. The molecule has 0 atom stereocenters. The van der Waals surface area contributed by atoms with Crippen LogP contribution in [0.5, 0.6) is 5.75 Å². The molecule has 0 saturated heterocycles. The molecule has 2 aromatic rings. The van der Waals surface area contributed by atoms with E-state index in [-0.39, 0.29) is 53.7 Å². The second-order valence-electron chi connectivity index (χ2n) is 6.46. The molecule has 1 aliphatic carbocycles. The van der Waals surface area contributed by atoms with Gasteiger partial charge in [-0.05, 0) is 79.9 Å². The maximum Gasteiger partial charge on any atom is 0.337 e. The maximum atomic E-state index is 12.3. The molecule has 0 aromatic heterocycles. The number of rotatable bonds is 2. The van der Waals surface area contributed by atoms with E-state index in [1.165, 1.54) is 6.07 Å². The number of hydrogen-bond acceptors (Lipinski definition) is 4. The lowest BCUT2D eigenvalue weighted by Gasteiger charge is -2.21. The number of phenols is 1. The third-order valence-corrected chi connectivity index (χ3v) is 9.13. The average molecular weight is 848 g/mol. The van der Waals surface area contributed by atoms with E-state index >= 15 is 0 Å². The highest BCUT2D eigenvalue weighted by molar-refractivity contribution is 14.1. The number of halogens is 7. The first-order valence-electron chi connectivity index (χ1n) is 8.32. The smallest absolute Gasteiger partial charge is 0.337 e. The van der Waals surface area contributed by atoms with Crippen LogP contribution in [0.3, 0.4) is 0 Å². The summed E-state index contributed by atoms with van der Waals surface area (Å²) in [5.41, 5.74) is 0.376. The molecule has 4 rings (SSSR count). The Hall–Kier alpha value is -0.250. The molecule has 2 N–H and O–H groups in total. The molecule has 0 fully saturated rings. The molecule has 2 aliphatic rings. The van der Waals surface area contributed by atoms with Gasteiger partial charge in [-0.25, -0.2) is 4.79 Å². The van der Waals surface area contributed by atoms with Gasteiger partial charge in [-0.3, -0.25) is 4.79 Å². The highest BCUT2D eigenvalue weighted by atomic mass is 127. The van der Waals surface area contributed by atoms with E-state index in [1.807, 2.05) is 67.8 Å². The molecule has 0 saturated carbocycles. The van der Waals surface area contributed by atoms with Crippen LogP contribution < -0.4 is 5.43 Å². The fraction of sp³-hybridized carbons (Fsp3) is 0. The minimum absolute atomic E-state index is 0.0164. The zero-order valence-corrected chi connectivity index (χ0v) is 24.5. The van der Waals surface area contributed by atoms with Crippen LogP contribution in [0.2, 0.25) is 20.1 Å². The maximum absolute atomic E-state index is 12.3. The first-order valence-corrected chi connectivity index (χ1v) is 13.1. The fourth-order valence-corrected chi connectivity index (χ4v) is 6.57. The minimum atomic E-state index is -1.37. The predicted octanol–water partition coefficient (Wildman–Crippen LogP) is 8.40. The van der Waals surface area contributed by atoms with Gasteiger partial charge in [-0.1, -0.05) is 46.4 Å². The summed E-state index contributed by atoms with van der Waals surface area (Å²) in [7, 11) is 0. The van der Waals surface area contributed by atoms with Crippen molar-refractivity contribution < 1.29 is 19.4 Å². The van der Waals surface area contributed by atoms with Crippen LogP contribution in [0.15, 0.2) is 27.4 Å². The van der Waals surface area contributed by atoms with Gasteiger partial charge in [0.15, 0.2) is 11.0 Å². The van der Waals surface area contributed by atoms with Crippen LogP contribution >= 0.6 is 114 Å². The van der Waals surface area contributed by atoms with E-state index in [0.29, 0.717) is 27.2 Å². The van der Waals surface area contributed by atoms with Crippen molar-refractivity contribution in [1.29, 1.82) is 0 Å². The summed E-state index contributed by atoms with van der Waals surface area (Å²) < 4.78 is 7.22. The number of phenolic OH excluding ortho intramolecular Hbond substituents is 1. The first kappa shape index (κ1) is 24.9. The van der Waals surface area contributed by atoms with E-state index in [9.17, 15) is 19.8 Å². The Morgan fingerprint density at radius 2 is 1.50 bits per heavy atom.